The van der Waals surface area contributed by atoms with Crippen LogP contribution in [-0.4, -0.2) is 19.5 Å². The van der Waals surface area contributed by atoms with Crippen LogP contribution < -0.4 is 0 Å². The van der Waals surface area contributed by atoms with Crippen LogP contribution in [0.2, 0.25) is 0 Å². The molecule has 50 valence electrons. The van der Waals surface area contributed by atoms with Crippen molar-refractivity contribution in [2.75, 3.05) is 13.2 Å². The normalized spacial score (nSPS) is 9.78. The van der Waals surface area contributed by atoms with E-state index < -0.39 is 0 Å². The predicted molar refractivity (Wildman–Crippen MR) is 36.2 cm³/mol. The van der Waals surface area contributed by atoms with Gasteiger partial charge in [0.25, 0.3) is 0 Å². The number of ether oxygens (including phenoxy) is 1. The Labute approximate surface area is 54.8 Å². The maximum absolute atomic E-state index is 9.68. The maximum atomic E-state index is 9.68. The average Bonchev–Trinajstić information content (AvgIpc) is 1.89. The monoisotopic (exact) mass is 126 g/mol. The minimum Gasteiger partial charge on any atom is -0.373 e. The smallest absolute Gasteiger partial charge is 0.142 e. The molecule has 0 aliphatic carbocycles. The molecule has 0 N–H and O–H groups in total. The zero-order valence-corrected chi connectivity index (χ0v) is 5.25. The van der Waals surface area contributed by atoms with E-state index in [1.807, 2.05) is 0 Å². The van der Waals surface area contributed by atoms with Crippen molar-refractivity contribution in [2.24, 2.45) is 0 Å². The SMILES string of the molecule is C=CCOCC=CC=O. The molecule has 0 aliphatic heterocycles. The zero-order valence-electron chi connectivity index (χ0n) is 5.25. The van der Waals surface area contributed by atoms with Crippen molar-refractivity contribution in [3.63, 3.8) is 0 Å². The maximum Gasteiger partial charge on any atom is 0.142 e. The van der Waals surface area contributed by atoms with Gasteiger partial charge in [-0.05, 0) is 6.08 Å². The Morgan fingerprint density at radius 1 is 1.44 bits per heavy atom. The molecule has 0 spiro atoms. The fourth-order valence-corrected chi connectivity index (χ4v) is 0.331. The van der Waals surface area contributed by atoms with E-state index in [2.05, 4.69) is 6.58 Å². The highest BCUT2D eigenvalue weighted by Gasteiger charge is 1.74. The van der Waals surface area contributed by atoms with Crippen molar-refractivity contribution in [1.82, 2.24) is 0 Å². The van der Waals surface area contributed by atoms with Gasteiger partial charge < -0.3 is 4.74 Å². The summed E-state index contributed by atoms with van der Waals surface area (Å²) in [5.74, 6) is 0. The third kappa shape index (κ3) is 7.11. The number of carbonyl (C=O) groups is 1. The Bertz CT molecular complexity index is 105. The third-order valence-electron chi connectivity index (χ3n) is 0.664. The van der Waals surface area contributed by atoms with Gasteiger partial charge in [-0.15, -0.1) is 6.58 Å². The highest BCUT2D eigenvalue weighted by molar-refractivity contribution is 5.64. The summed E-state index contributed by atoms with van der Waals surface area (Å²) in [7, 11) is 0. The molecule has 0 amide bonds. The number of rotatable bonds is 5. The van der Waals surface area contributed by atoms with Gasteiger partial charge in [0.05, 0.1) is 13.2 Å². The van der Waals surface area contributed by atoms with Crippen LogP contribution in [0.5, 0.6) is 0 Å². The second kappa shape index (κ2) is 7.11. The van der Waals surface area contributed by atoms with Crippen molar-refractivity contribution in [2.45, 2.75) is 0 Å². The number of hydrogen-bond acceptors (Lipinski definition) is 2. The predicted octanol–water partition coefficient (Wildman–Crippen LogP) is 0.944. The van der Waals surface area contributed by atoms with Gasteiger partial charge in [0.15, 0.2) is 0 Å². The second-order valence-electron chi connectivity index (χ2n) is 1.39. The minimum atomic E-state index is 0.477. The van der Waals surface area contributed by atoms with Gasteiger partial charge in [-0.1, -0.05) is 12.2 Å². The summed E-state index contributed by atoms with van der Waals surface area (Å²) in [6, 6.07) is 0. The first-order chi connectivity index (χ1) is 4.41. The van der Waals surface area contributed by atoms with Crippen molar-refractivity contribution in [3.8, 4) is 0 Å². The van der Waals surface area contributed by atoms with Crippen LogP contribution in [0.3, 0.4) is 0 Å². The quantitative estimate of drug-likeness (QED) is 0.237. The zero-order chi connectivity index (χ0) is 6.95. The van der Waals surface area contributed by atoms with Gasteiger partial charge in [0.1, 0.15) is 6.29 Å². The molecule has 0 unspecified atom stereocenters. The molecule has 0 aromatic heterocycles. The average molecular weight is 126 g/mol. The lowest BCUT2D eigenvalue weighted by Gasteiger charge is -1.90. The Morgan fingerprint density at radius 3 is 2.78 bits per heavy atom. The van der Waals surface area contributed by atoms with E-state index in [-0.39, 0.29) is 0 Å². The molecule has 9 heavy (non-hydrogen) atoms. The summed E-state index contributed by atoms with van der Waals surface area (Å²) < 4.78 is 4.92. The van der Waals surface area contributed by atoms with Crippen molar-refractivity contribution in [1.29, 1.82) is 0 Å². The lowest BCUT2D eigenvalue weighted by molar-refractivity contribution is -0.104. The van der Waals surface area contributed by atoms with Gasteiger partial charge >= 0.3 is 0 Å². The summed E-state index contributed by atoms with van der Waals surface area (Å²) in [5.41, 5.74) is 0. The van der Waals surface area contributed by atoms with Crippen LogP contribution in [0, 0.1) is 0 Å². The Morgan fingerprint density at radius 2 is 2.22 bits per heavy atom. The molecule has 0 aromatic rings. The molecular formula is C7H10O2. The number of carbonyl (C=O) groups excluding carboxylic acids is 1. The first-order valence-corrected chi connectivity index (χ1v) is 2.70. The van der Waals surface area contributed by atoms with Gasteiger partial charge in [-0.3, -0.25) is 4.79 Å². The van der Waals surface area contributed by atoms with Gasteiger partial charge in [-0.2, -0.15) is 0 Å². The van der Waals surface area contributed by atoms with E-state index in [4.69, 9.17) is 4.74 Å². The van der Waals surface area contributed by atoms with Crippen LogP contribution in [0.1, 0.15) is 0 Å². The summed E-state index contributed by atoms with van der Waals surface area (Å²) in [6.45, 7) is 4.47. The standard InChI is InChI=1S/C7H10O2/c1-2-6-9-7-4-3-5-8/h2-5H,1,6-7H2. The van der Waals surface area contributed by atoms with Gasteiger partial charge in [-0.25, -0.2) is 0 Å². The molecule has 0 aliphatic rings. The minimum absolute atomic E-state index is 0.477. The summed E-state index contributed by atoms with van der Waals surface area (Å²) in [6.07, 6.45) is 5.44. The molecule has 0 saturated heterocycles. The summed E-state index contributed by atoms with van der Waals surface area (Å²) in [4.78, 5) is 9.68. The van der Waals surface area contributed by atoms with Crippen LogP contribution in [0.25, 0.3) is 0 Å². The highest BCUT2D eigenvalue weighted by Crippen LogP contribution is 1.75. The number of allylic oxidation sites excluding steroid dienone is 1. The lowest BCUT2D eigenvalue weighted by atomic mass is 10.5. The Balaban J connectivity index is 2.98. The van der Waals surface area contributed by atoms with Crippen LogP contribution >= 0.6 is 0 Å². The second-order valence-corrected chi connectivity index (χ2v) is 1.39. The topological polar surface area (TPSA) is 26.3 Å². The molecule has 0 aromatic carbocycles. The van der Waals surface area contributed by atoms with E-state index in [0.29, 0.717) is 13.2 Å². The Hall–Kier alpha value is -0.890. The van der Waals surface area contributed by atoms with E-state index in [0.717, 1.165) is 6.29 Å². The van der Waals surface area contributed by atoms with Crippen LogP contribution in [0.4, 0.5) is 0 Å². The molecule has 0 radical (unpaired) electrons. The first-order valence-electron chi connectivity index (χ1n) is 2.70. The fourth-order valence-electron chi connectivity index (χ4n) is 0.331. The molecule has 0 bridgehead atoms. The third-order valence-corrected chi connectivity index (χ3v) is 0.664. The van der Waals surface area contributed by atoms with Gasteiger partial charge in [0.2, 0.25) is 0 Å². The molecule has 0 heterocycles. The van der Waals surface area contributed by atoms with Crippen molar-refractivity contribution >= 4 is 6.29 Å². The lowest BCUT2D eigenvalue weighted by Crippen LogP contribution is -1.88. The van der Waals surface area contributed by atoms with Crippen LogP contribution in [-0.2, 0) is 9.53 Å². The highest BCUT2D eigenvalue weighted by atomic mass is 16.5. The summed E-state index contributed by atoms with van der Waals surface area (Å²) in [5, 5.41) is 0. The number of aldehydes is 1. The molecule has 0 rings (SSSR count). The fraction of sp³-hybridized carbons (Fsp3) is 0.286. The molecule has 2 nitrogen and oxygen atoms in total. The molecule has 0 saturated carbocycles. The number of hydrogen-bond donors (Lipinski definition) is 0. The van der Waals surface area contributed by atoms with E-state index in [1.54, 1.807) is 12.2 Å². The van der Waals surface area contributed by atoms with Crippen molar-refractivity contribution in [3.05, 3.63) is 24.8 Å². The molecule has 0 atom stereocenters. The largest absolute Gasteiger partial charge is 0.373 e. The molecule has 0 fully saturated rings. The first kappa shape index (κ1) is 8.11. The van der Waals surface area contributed by atoms with E-state index in [1.165, 1.54) is 6.08 Å². The van der Waals surface area contributed by atoms with E-state index in [9.17, 15) is 4.79 Å². The summed E-state index contributed by atoms with van der Waals surface area (Å²) >= 11 is 0. The Kier molecular flexibility index (Phi) is 6.41. The molecule has 2 heteroatoms. The van der Waals surface area contributed by atoms with Crippen LogP contribution in [0.15, 0.2) is 24.8 Å². The molecular weight excluding hydrogens is 116 g/mol. The van der Waals surface area contributed by atoms with E-state index >= 15 is 0 Å². The van der Waals surface area contributed by atoms with Gasteiger partial charge in [0, 0.05) is 0 Å². The van der Waals surface area contributed by atoms with Crippen molar-refractivity contribution < 1.29 is 9.53 Å².